The molecule has 0 radical (unpaired) electrons. The maximum atomic E-state index is 13.1. The summed E-state index contributed by atoms with van der Waals surface area (Å²) in [7, 11) is 0. The van der Waals surface area contributed by atoms with E-state index in [4.69, 9.17) is 5.73 Å². The molecule has 5 nitrogen and oxygen atoms in total. The van der Waals surface area contributed by atoms with Crippen LogP contribution >= 0.6 is 0 Å². The molecule has 3 N–H and O–H groups in total. The highest BCUT2D eigenvalue weighted by Crippen LogP contribution is 2.48. The fourth-order valence-corrected chi connectivity index (χ4v) is 3.54. The zero-order valence-corrected chi connectivity index (χ0v) is 13.7. The summed E-state index contributed by atoms with van der Waals surface area (Å²) in [5.41, 5.74) is 6.60. The maximum absolute atomic E-state index is 13.1. The normalized spacial score (nSPS) is 21.2. The van der Waals surface area contributed by atoms with E-state index >= 15 is 0 Å². The van der Waals surface area contributed by atoms with E-state index in [1.165, 1.54) is 12.1 Å². The van der Waals surface area contributed by atoms with E-state index in [0.29, 0.717) is 12.5 Å². The summed E-state index contributed by atoms with van der Waals surface area (Å²) in [5.74, 6) is 0.0102. The van der Waals surface area contributed by atoms with E-state index < -0.39 is 5.41 Å². The van der Waals surface area contributed by atoms with Crippen molar-refractivity contribution in [1.82, 2.24) is 10.2 Å². The number of carbonyl (C=O) groups is 2. The van der Waals surface area contributed by atoms with Gasteiger partial charge < -0.3 is 16.0 Å². The third kappa shape index (κ3) is 3.43. The van der Waals surface area contributed by atoms with Crippen molar-refractivity contribution in [2.75, 3.05) is 19.6 Å². The van der Waals surface area contributed by atoms with Gasteiger partial charge in [-0.25, -0.2) is 4.39 Å². The zero-order chi connectivity index (χ0) is 17.2. The summed E-state index contributed by atoms with van der Waals surface area (Å²) < 4.78 is 13.1. The van der Waals surface area contributed by atoms with E-state index in [2.05, 4.69) is 5.32 Å². The first-order chi connectivity index (χ1) is 11.5. The molecule has 1 saturated heterocycles. The number of nitrogens with zero attached hydrogens (tertiary/aromatic N) is 1. The molecule has 0 bridgehead atoms. The predicted octanol–water partition coefficient (Wildman–Crippen LogP) is 1.17. The second-order valence-corrected chi connectivity index (χ2v) is 6.94. The Kier molecular flexibility index (Phi) is 4.85. The van der Waals surface area contributed by atoms with Crippen molar-refractivity contribution in [3.63, 3.8) is 0 Å². The molecule has 130 valence electrons. The van der Waals surface area contributed by atoms with Gasteiger partial charge in [0.25, 0.3) is 0 Å². The Morgan fingerprint density at radius 3 is 2.50 bits per heavy atom. The van der Waals surface area contributed by atoms with Crippen LogP contribution in [0.2, 0.25) is 0 Å². The second kappa shape index (κ2) is 6.89. The zero-order valence-electron chi connectivity index (χ0n) is 13.7. The van der Waals surface area contributed by atoms with Crippen LogP contribution in [0.4, 0.5) is 4.39 Å². The lowest BCUT2D eigenvalue weighted by Crippen LogP contribution is -2.48. The highest BCUT2D eigenvalue weighted by molar-refractivity contribution is 5.91. The third-order valence-corrected chi connectivity index (χ3v) is 5.41. The summed E-state index contributed by atoms with van der Waals surface area (Å²) in [5, 5.41) is 2.98. The lowest BCUT2D eigenvalue weighted by Gasteiger charge is -2.33. The first-order valence-electron chi connectivity index (χ1n) is 8.54. The van der Waals surface area contributed by atoms with Crippen molar-refractivity contribution in [3.8, 4) is 0 Å². The van der Waals surface area contributed by atoms with Gasteiger partial charge in [0.2, 0.25) is 12.3 Å². The lowest BCUT2D eigenvalue weighted by molar-refractivity contribution is -0.123. The minimum Gasteiger partial charge on any atom is -0.354 e. The molecule has 0 spiro atoms. The number of benzene rings is 1. The molecule has 2 aliphatic rings. The van der Waals surface area contributed by atoms with Crippen molar-refractivity contribution < 1.29 is 14.0 Å². The van der Waals surface area contributed by atoms with E-state index in [-0.39, 0.29) is 17.8 Å². The Morgan fingerprint density at radius 1 is 1.33 bits per heavy atom. The van der Waals surface area contributed by atoms with Gasteiger partial charge in [0, 0.05) is 25.7 Å². The SMILES string of the molecule is NC(CNC(=O)C1(c2ccc(F)cc2)CC1)C1CCN(C=O)CC1. The topological polar surface area (TPSA) is 75.4 Å². The van der Waals surface area contributed by atoms with Gasteiger partial charge in [-0.05, 0) is 49.3 Å². The van der Waals surface area contributed by atoms with Gasteiger partial charge in [-0.3, -0.25) is 9.59 Å². The van der Waals surface area contributed by atoms with Crippen molar-refractivity contribution in [2.45, 2.75) is 37.1 Å². The number of hydrogen-bond donors (Lipinski definition) is 2. The van der Waals surface area contributed by atoms with Crippen molar-refractivity contribution in [3.05, 3.63) is 35.6 Å². The van der Waals surface area contributed by atoms with Gasteiger partial charge in [0.05, 0.1) is 5.41 Å². The number of likely N-dealkylation sites (tertiary alicyclic amines) is 1. The van der Waals surface area contributed by atoms with Crippen molar-refractivity contribution in [2.24, 2.45) is 11.7 Å². The van der Waals surface area contributed by atoms with Gasteiger partial charge >= 0.3 is 0 Å². The number of rotatable bonds is 6. The Morgan fingerprint density at radius 2 is 1.96 bits per heavy atom. The van der Waals surface area contributed by atoms with Crippen LogP contribution in [0.25, 0.3) is 0 Å². The molecule has 1 saturated carbocycles. The van der Waals surface area contributed by atoms with Crippen LogP contribution in [0, 0.1) is 11.7 Å². The van der Waals surface area contributed by atoms with Gasteiger partial charge in [-0.2, -0.15) is 0 Å². The largest absolute Gasteiger partial charge is 0.354 e. The number of piperidine rings is 1. The molecule has 3 rings (SSSR count). The Labute approximate surface area is 141 Å². The maximum Gasteiger partial charge on any atom is 0.230 e. The van der Waals surface area contributed by atoms with Crippen molar-refractivity contribution in [1.29, 1.82) is 0 Å². The van der Waals surface area contributed by atoms with E-state index in [9.17, 15) is 14.0 Å². The van der Waals surface area contributed by atoms with Gasteiger partial charge in [0.1, 0.15) is 5.82 Å². The van der Waals surface area contributed by atoms with E-state index in [1.54, 1.807) is 17.0 Å². The first-order valence-corrected chi connectivity index (χ1v) is 8.54. The summed E-state index contributed by atoms with van der Waals surface area (Å²) >= 11 is 0. The summed E-state index contributed by atoms with van der Waals surface area (Å²) in [6.07, 6.45) is 4.20. The van der Waals surface area contributed by atoms with Crippen LogP contribution in [0.1, 0.15) is 31.2 Å². The Balaban J connectivity index is 1.52. The molecular formula is C18H24FN3O2. The third-order valence-electron chi connectivity index (χ3n) is 5.41. The van der Waals surface area contributed by atoms with Crippen LogP contribution in [-0.2, 0) is 15.0 Å². The van der Waals surface area contributed by atoms with Gasteiger partial charge in [0.15, 0.2) is 0 Å². The number of hydrogen-bond acceptors (Lipinski definition) is 3. The molecule has 0 aromatic heterocycles. The van der Waals surface area contributed by atoms with Crippen LogP contribution < -0.4 is 11.1 Å². The minimum atomic E-state index is -0.506. The molecule has 2 fully saturated rings. The van der Waals surface area contributed by atoms with Crippen LogP contribution in [0.15, 0.2) is 24.3 Å². The molecule has 1 aromatic rings. The Hall–Kier alpha value is -1.95. The van der Waals surface area contributed by atoms with Crippen molar-refractivity contribution >= 4 is 12.3 Å². The van der Waals surface area contributed by atoms with Crippen LogP contribution in [0.5, 0.6) is 0 Å². The molecular weight excluding hydrogens is 309 g/mol. The van der Waals surface area contributed by atoms with E-state index in [1.807, 2.05) is 0 Å². The fourth-order valence-electron chi connectivity index (χ4n) is 3.54. The fraction of sp³-hybridized carbons (Fsp3) is 0.556. The summed E-state index contributed by atoms with van der Waals surface area (Å²) in [6, 6.07) is 6.07. The first kappa shape index (κ1) is 16.9. The molecule has 2 amide bonds. The number of halogens is 1. The highest BCUT2D eigenvalue weighted by Gasteiger charge is 2.51. The second-order valence-electron chi connectivity index (χ2n) is 6.94. The number of carbonyl (C=O) groups excluding carboxylic acids is 2. The van der Waals surface area contributed by atoms with Gasteiger partial charge in [-0.1, -0.05) is 12.1 Å². The number of amides is 2. The standard InChI is InChI=1S/C18H24FN3O2/c19-15-3-1-14(2-4-15)18(7-8-18)17(24)21-11-16(20)13-5-9-22(12-23)10-6-13/h1-4,12-13,16H,5-11,20H2,(H,21,24). The molecule has 1 heterocycles. The molecule has 1 aromatic carbocycles. The molecule has 24 heavy (non-hydrogen) atoms. The van der Waals surface area contributed by atoms with Crippen LogP contribution in [0.3, 0.4) is 0 Å². The highest BCUT2D eigenvalue weighted by atomic mass is 19.1. The van der Waals surface area contributed by atoms with Crippen LogP contribution in [-0.4, -0.2) is 42.9 Å². The molecule has 1 aliphatic heterocycles. The molecule has 1 unspecified atom stereocenters. The predicted molar refractivity (Wildman–Crippen MR) is 88.7 cm³/mol. The average molecular weight is 333 g/mol. The average Bonchev–Trinajstić information content (AvgIpc) is 3.42. The number of nitrogens with one attached hydrogen (secondary N) is 1. The summed E-state index contributed by atoms with van der Waals surface area (Å²) in [6.45, 7) is 1.90. The molecule has 6 heteroatoms. The minimum absolute atomic E-state index is 0.0186. The quantitative estimate of drug-likeness (QED) is 0.768. The molecule has 1 atom stereocenters. The Bertz CT molecular complexity index is 593. The monoisotopic (exact) mass is 333 g/mol. The lowest BCUT2D eigenvalue weighted by atomic mass is 9.89. The van der Waals surface area contributed by atoms with Gasteiger partial charge in [-0.15, -0.1) is 0 Å². The molecule has 1 aliphatic carbocycles. The smallest absolute Gasteiger partial charge is 0.230 e. The summed E-state index contributed by atoms with van der Waals surface area (Å²) in [4.78, 5) is 25.1. The number of nitrogens with two attached hydrogens (primary N) is 1. The van der Waals surface area contributed by atoms with E-state index in [0.717, 1.165) is 50.7 Å².